The minimum atomic E-state index is -0.718. The molecular weight excluding hydrogens is 190 g/mol. The van der Waals surface area contributed by atoms with Gasteiger partial charge in [0.25, 0.3) is 0 Å². The van der Waals surface area contributed by atoms with E-state index in [-0.39, 0.29) is 12.5 Å². The van der Waals surface area contributed by atoms with Gasteiger partial charge in [-0.3, -0.25) is 4.79 Å². The molecule has 3 heteroatoms. The molecule has 0 heterocycles. The fourth-order valence-corrected chi connectivity index (χ4v) is 2.56. The van der Waals surface area contributed by atoms with E-state index in [1.165, 1.54) is 19.3 Å². The lowest BCUT2D eigenvalue weighted by Crippen LogP contribution is -2.42. The zero-order valence-corrected chi connectivity index (χ0v) is 10.0. The number of aliphatic carboxylic acids is 1. The molecule has 0 aromatic rings. The predicted octanol–water partition coefficient (Wildman–Crippen LogP) is 2.41. The number of rotatable bonds is 4. The van der Waals surface area contributed by atoms with E-state index in [0.29, 0.717) is 11.5 Å². The van der Waals surface area contributed by atoms with E-state index < -0.39 is 5.97 Å². The van der Waals surface area contributed by atoms with Crippen LogP contribution in [-0.2, 0) is 4.79 Å². The van der Waals surface area contributed by atoms with Gasteiger partial charge in [0.15, 0.2) is 0 Å². The summed E-state index contributed by atoms with van der Waals surface area (Å²) in [5.74, 6) is -0.718. The number of nitrogens with one attached hydrogen (secondary N) is 1. The van der Waals surface area contributed by atoms with Crippen molar-refractivity contribution in [3.8, 4) is 0 Å². The van der Waals surface area contributed by atoms with Gasteiger partial charge in [-0.1, -0.05) is 20.3 Å². The second-order valence-corrected chi connectivity index (χ2v) is 5.62. The average molecular weight is 213 g/mol. The van der Waals surface area contributed by atoms with Crippen molar-refractivity contribution in [1.29, 1.82) is 0 Å². The molecule has 0 aromatic heterocycles. The molecule has 1 fully saturated rings. The molecule has 0 radical (unpaired) electrons. The normalized spacial score (nSPS) is 27.3. The molecule has 0 aliphatic heterocycles. The monoisotopic (exact) mass is 213 g/mol. The van der Waals surface area contributed by atoms with Gasteiger partial charge in [0.2, 0.25) is 0 Å². The molecule has 0 amide bonds. The fourth-order valence-electron chi connectivity index (χ4n) is 2.56. The summed E-state index contributed by atoms with van der Waals surface area (Å²) in [6, 6.07) is 0.587. The maximum Gasteiger partial charge on any atom is 0.304 e. The second-order valence-electron chi connectivity index (χ2n) is 5.62. The third-order valence-electron chi connectivity index (χ3n) is 3.21. The summed E-state index contributed by atoms with van der Waals surface area (Å²) in [6.07, 6.45) is 5.12. The van der Waals surface area contributed by atoms with E-state index in [9.17, 15) is 4.79 Å². The van der Waals surface area contributed by atoms with Gasteiger partial charge in [0.1, 0.15) is 0 Å². The summed E-state index contributed by atoms with van der Waals surface area (Å²) < 4.78 is 0. The summed E-state index contributed by atoms with van der Waals surface area (Å²) >= 11 is 0. The van der Waals surface area contributed by atoms with Gasteiger partial charge in [0.05, 0.1) is 6.42 Å². The number of hydrogen-bond donors (Lipinski definition) is 2. The standard InChI is InChI=1S/C12H23NO2/c1-9(7-11(14)15)13-10-5-4-6-12(2,3)8-10/h9-10,13H,4-8H2,1-3H3,(H,14,15). The molecule has 1 saturated carbocycles. The van der Waals surface area contributed by atoms with Crippen LogP contribution >= 0.6 is 0 Å². The predicted molar refractivity (Wildman–Crippen MR) is 60.9 cm³/mol. The summed E-state index contributed by atoms with van der Waals surface area (Å²) in [4.78, 5) is 10.5. The molecular formula is C12H23NO2. The van der Waals surface area contributed by atoms with Gasteiger partial charge in [-0.2, -0.15) is 0 Å². The SMILES string of the molecule is CC(CC(=O)O)NC1CCCC(C)(C)C1. The summed E-state index contributed by atoms with van der Waals surface area (Å²) in [7, 11) is 0. The first-order valence-corrected chi connectivity index (χ1v) is 5.87. The Bertz CT molecular complexity index is 226. The number of hydrogen-bond acceptors (Lipinski definition) is 2. The third kappa shape index (κ3) is 4.65. The first kappa shape index (κ1) is 12.5. The Labute approximate surface area is 92.3 Å². The van der Waals surface area contributed by atoms with E-state index in [1.807, 2.05) is 6.92 Å². The molecule has 1 rings (SSSR count). The largest absolute Gasteiger partial charge is 0.481 e. The molecule has 1 aliphatic rings. The summed E-state index contributed by atoms with van der Waals surface area (Å²) in [5, 5.41) is 12.1. The Morgan fingerprint density at radius 2 is 2.27 bits per heavy atom. The Hall–Kier alpha value is -0.570. The minimum absolute atomic E-state index is 0.0846. The van der Waals surface area contributed by atoms with Crippen molar-refractivity contribution in [3.05, 3.63) is 0 Å². The van der Waals surface area contributed by atoms with Crippen LogP contribution in [-0.4, -0.2) is 23.2 Å². The maximum absolute atomic E-state index is 10.5. The van der Waals surface area contributed by atoms with Crippen LogP contribution in [0.25, 0.3) is 0 Å². The van der Waals surface area contributed by atoms with Crippen molar-refractivity contribution in [3.63, 3.8) is 0 Å². The molecule has 0 bridgehead atoms. The van der Waals surface area contributed by atoms with Crippen LogP contribution in [0.4, 0.5) is 0 Å². The molecule has 2 N–H and O–H groups in total. The fraction of sp³-hybridized carbons (Fsp3) is 0.917. The second kappa shape index (κ2) is 4.97. The molecule has 0 aromatic carbocycles. The minimum Gasteiger partial charge on any atom is -0.481 e. The first-order chi connectivity index (χ1) is 6.89. The van der Waals surface area contributed by atoms with Gasteiger partial charge in [-0.05, 0) is 31.6 Å². The first-order valence-electron chi connectivity index (χ1n) is 5.87. The molecule has 0 spiro atoms. The van der Waals surface area contributed by atoms with Crippen molar-refractivity contribution < 1.29 is 9.90 Å². The van der Waals surface area contributed by atoms with Crippen LogP contribution in [0.15, 0.2) is 0 Å². The van der Waals surface area contributed by atoms with E-state index in [4.69, 9.17) is 5.11 Å². The van der Waals surface area contributed by atoms with Crippen molar-refractivity contribution in [2.45, 2.75) is 65.0 Å². The average Bonchev–Trinajstić information content (AvgIpc) is 1.99. The molecule has 2 unspecified atom stereocenters. The van der Waals surface area contributed by atoms with Crippen LogP contribution in [0.2, 0.25) is 0 Å². The molecule has 1 aliphatic carbocycles. The highest BCUT2D eigenvalue weighted by molar-refractivity contribution is 5.67. The van der Waals surface area contributed by atoms with Crippen LogP contribution < -0.4 is 5.32 Å². The van der Waals surface area contributed by atoms with Gasteiger partial charge in [-0.15, -0.1) is 0 Å². The quantitative estimate of drug-likeness (QED) is 0.754. The van der Waals surface area contributed by atoms with Crippen LogP contribution in [0.5, 0.6) is 0 Å². The van der Waals surface area contributed by atoms with Crippen molar-refractivity contribution in [2.75, 3.05) is 0 Å². The van der Waals surface area contributed by atoms with Crippen molar-refractivity contribution in [2.24, 2.45) is 5.41 Å². The lowest BCUT2D eigenvalue weighted by atomic mass is 9.75. The van der Waals surface area contributed by atoms with Gasteiger partial charge < -0.3 is 10.4 Å². The Morgan fingerprint density at radius 3 is 2.80 bits per heavy atom. The summed E-state index contributed by atoms with van der Waals surface area (Å²) in [5.41, 5.74) is 0.416. The molecule has 88 valence electrons. The Kier molecular flexibility index (Phi) is 4.14. The maximum atomic E-state index is 10.5. The highest BCUT2D eigenvalue weighted by Crippen LogP contribution is 2.35. The third-order valence-corrected chi connectivity index (χ3v) is 3.21. The lowest BCUT2D eigenvalue weighted by Gasteiger charge is -2.36. The topological polar surface area (TPSA) is 49.3 Å². The van der Waals surface area contributed by atoms with Crippen LogP contribution in [0.3, 0.4) is 0 Å². The van der Waals surface area contributed by atoms with Crippen LogP contribution in [0.1, 0.15) is 52.9 Å². The van der Waals surface area contributed by atoms with Crippen LogP contribution in [0, 0.1) is 5.41 Å². The highest BCUT2D eigenvalue weighted by atomic mass is 16.4. The van der Waals surface area contributed by atoms with Gasteiger partial charge in [-0.25, -0.2) is 0 Å². The molecule has 2 atom stereocenters. The number of carbonyl (C=O) groups is 1. The van der Waals surface area contributed by atoms with Gasteiger partial charge in [0, 0.05) is 12.1 Å². The molecule has 15 heavy (non-hydrogen) atoms. The van der Waals surface area contributed by atoms with E-state index in [1.54, 1.807) is 0 Å². The Balaban J connectivity index is 2.34. The van der Waals surface area contributed by atoms with Crippen molar-refractivity contribution >= 4 is 5.97 Å². The van der Waals surface area contributed by atoms with Gasteiger partial charge >= 0.3 is 5.97 Å². The lowest BCUT2D eigenvalue weighted by molar-refractivity contribution is -0.137. The van der Waals surface area contributed by atoms with E-state index in [2.05, 4.69) is 19.2 Å². The highest BCUT2D eigenvalue weighted by Gasteiger charge is 2.28. The zero-order valence-electron chi connectivity index (χ0n) is 10.0. The Morgan fingerprint density at radius 1 is 1.60 bits per heavy atom. The van der Waals surface area contributed by atoms with Crippen molar-refractivity contribution in [1.82, 2.24) is 5.32 Å². The molecule has 0 saturated heterocycles. The van der Waals surface area contributed by atoms with E-state index >= 15 is 0 Å². The smallest absolute Gasteiger partial charge is 0.304 e. The number of carboxylic acid groups (broad SMARTS) is 1. The number of carboxylic acids is 1. The summed E-state index contributed by atoms with van der Waals surface area (Å²) in [6.45, 7) is 6.54. The molecule has 3 nitrogen and oxygen atoms in total. The zero-order chi connectivity index (χ0) is 11.5. The van der Waals surface area contributed by atoms with E-state index in [0.717, 1.165) is 6.42 Å².